The minimum Gasteiger partial charge on any atom is -0.480 e. The number of carboxylic acids is 1. The maximum absolute atomic E-state index is 15.1. The zero-order chi connectivity index (χ0) is 50.9. The average Bonchev–Trinajstić information content (AvgIpc) is 3.42. The number of hydrogen-bond donors (Lipinski definition) is 6. The summed E-state index contributed by atoms with van der Waals surface area (Å²) in [6, 6.07) is -4.76. The molecule has 2 saturated heterocycles. The quantitative estimate of drug-likeness (QED) is 0.0926. The molecular weight excluding hydrogens is 919 g/mol. The van der Waals surface area contributed by atoms with E-state index in [4.69, 9.17) is 4.74 Å². The number of carbonyl (C=O) groups excluding carboxylic acids is 5. The molecule has 0 aromatic heterocycles. The minimum absolute atomic E-state index is 0.0562. The van der Waals surface area contributed by atoms with Gasteiger partial charge < -0.3 is 36.4 Å². The second kappa shape index (κ2) is 28.8. The SMILES string of the molecule is O=C1COC2CCC(CC2)CC(C(=O)NC(CC2CCCCC2)C(=O)O)NC(=O)C(CCC2CCCCC2)NC(=O)C(CC2CCC(C3CCCCC3)CC2)NC(=O)C(CC2CCC(C3CCCCC3)CC2)N1. The van der Waals surface area contributed by atoms with E-state index in [0.29, 0.717) is 56.8 Å². The van der Waals surface area contributed by atoms with Gasteiger partial charge in [-0.25, -0.2) is 4.79 Å². The number of fused-ring (bicyclic) bond motifs is 16. The first-order valence-electron chi connectivity index (χ1n) is 30.9. The van der Waals surface area contributed by atoms with Gasteiger partial charge in [0.25, 0.3) is 0 Å². The molecule has 9 aliphatic rings. The molecular formula is C60H99N5O8. The van der Waals surface area contributed by atoms with Gasteiger partial charge in [0.1, 0.15) is 36.8 Å². The second-order valence-corrected chi connectivity index (χ2v) is 25.5. The van der Waals surface area contributed by atoms with Crippen molar-refractivity contribution in [1.29, 1.82) is 0 Å². The van der Waals surface area contributed by atoms with Crippen molar-refractivity contribution in [3.8, 4) is 0 Å². The van der Waals surface area contributed by atoms with Crippen molar-refractivity contribution < 1.29 is 38.6 Å². The highest BCUT2D eigenvalue weighted by Gasteiger charge is 2.39. The molecule has 7 saturated carbocycles. The Balaban J connectivity index is 1.03. The molecule has 0 aromatic rings. The molecule has 412 valence electrons. The number of aliphatic carboxylic acids is 1. The zero-order valence-electron chi connectivity index (χ0n) is 45.0. The topological polar surface area (TPSA) is 192 Å². The molecule has 9 fully saturated rings. The average molecular weight is 1020 g/mol. The Labute approximate surface area is 439 Å². The van der Waals surface area contributed by atoms with Gasteiger partial charge in [-0.2, -0.15) is 0 Å². The largest absolute Gasteiger partial charge is 0.480 e. The van der Waals surface area contributed by atoms with Crippen LogP contribution in [0.2, 0.25) is 0 Å². The van der Waals surface area contributed by atoms with E-state index in [9.17, 15) is 29.1 Å². The third-order valence-electron chi connectivity index (χ3n) is 20.4. The fourth-order valence-corrected chi connectivity index (χ4v) is 15.9. The van der Waals surface area contributed by atoms with Crippen molar-refractivity contribution in [1.82, 2.24) is 26.6 Å². The first kappa shape index (κ1) is 56.0. The molecule has 73 heavy (non-hydrogen) atoms. The summed E-state index contributed by atoms with van der Waals surface area (Å²) in [4.78, 5) is 86.0. The van der Waals surface area contributed by atoms with Crippen LogP contribution < -0.4 is 26.6 Å². The number of amides is 5. The summed E-state index contributed by atoms with van der Waals surface area (Å²) >= 11 is 0. The minimum atomic E-state index is -1.07. The Morgan fingerprint density at radius 2 is 0.932 bits per heavy atom. The van der Waals surface area contributed by atoms with Crippen LogP contribution in [0.25, 0.3) is 0 Å². The van der Waals surface area contributed by atoms with Gasteiger partial charge in [-0.05, 0) is 143 Å². The second-order valence-electron chi connectivity index (χ2n) is 25.5. The van der Waals surface area contributed by atoms with Crippen LogP contribution >= 0.6 is 0 Å². The summed E-state index contributed by atoms with van der Waals surface area (Å²) in [5.41, 5.74) is 0. The van der Waals surface area contributed by atoms with Crippen molar-refractivity contribution in [3.05, 3.63) is 0 Å². The van der Waals surface area contributed by atoms with Gasteiger partial charge in [-0.3, -0.25) is 24.0 Å². The normalized spacial score (nSPS) is 34.5. The van der Waals surface area contributed by atoms with Gasteiger partial charge in [0.15, 0.2) is 0 Å². The van der Waals surface area contributed by atoms with E-state index in [1.54, 1.807) is 0 Å². The smallest absolute Gasteiger partial charge is 0.326 e. The van der Waals surface area contributed by atoms with Crippen molar-refractivity contribution in [2.45, 2.75) is 280 Å². The van der Waals surface area contributed by atoms with Gasteiger partial charge in [0, 0.05) is 0 Å². The molecule has 5 amide bonds. The molecule has 5 unspecified atom stereocenters. The Kier molecular flexibility index (Phi) is 22.1. The van der Waals surface area contributed by atoms with Gasteiger partial charge in [-0.15, -0.1) is 0 Å². The van der Waals surface area contributed by atoms with Crippen LogP contribution in [-0.4, -0.2) is 83.5 Å². The Hall–Kier alpha value is -3.22. The van der Waals surface area contributed by atoms with Gasteiger partial charge in [0.2, 0.25) is 29.5 Å². The number of hydrogen-bond acceptors (Lipinski definition) is 7. The molecule has 0 radical (unpaired) electrons. The standard InChI is InChI=1S/C60H99N5O8/c66-55-39-73-49-32-25-44(26-33-49)37-53(59(70)65-54(60(71)72)38-41-15-7-2-8-16-41)63-56(67)50(34-27-40-13-5-1-6-14-40)62-58(69)52(36-43-23-30-48(31-24-43)46-19-11-4-12-20-46)64-57(68)51(61-55)35-42-21-28-47(29-22-42)45-17-9-3-10-18-45/h40-54H,1-39H2,(H,61,66)(H,62,69)(H,63,67)(H,64,68)(H,65,70)(H,71,72). The molecule has 7 aliphatic carbocycles. The monoisotopic (exact) mass is 1020 g/mol. The van der Waals surface area contributed by atoms with Crippen LogP contribution in [-0.2, 0) is 33.5 Å². The zero-order valence-corrected chi connectivity index (χ0v) is 45.0. The Bertz CT molecular complexity index is 1750. The van der Waals surface area contributed by atoms with Crippen molar-refractivity contribution in [3.63, 3.8) is 0 Å². The highest BCUT2D eigenvalue weighted by atomic mass is 16.5. The molecule has 2 bridgehead atoms. The van der Waals surface area contributed by atoms with Crippen LogP contribution in [0, 0.1) is 53.3 Å². The van der Waals surface area contributed by atoms with Crippen LogP contribution in [0.15, 0.2) is 0 Å². The number of carbonyl (C=O) groups is 6. The Morgan fingerprint density at radius 1 is 0.479 bits per heavy atom. The molecule has 0 aromatic carbocycles. The van der Waals surface area contributed by atoms with E-state index in [-0.39, 0.29) is 48.2 Å². The lowest BCUT2D eigenvalue weighted by atomic mass is 9.70. The first-order valence-corrected chi connectivity index (χ1v) is 30.9. The van der Waals surface area contributed by atoms with Gasteiger partial charge in [-0.1, -0.05) is 154 Å². The highest BCUT2D eigenvalue weighted by molar-refractivity contribution is 5.96. The molecule has 5 atom stereocenters. The van der Waals surface area contributed by atoms with Crippen LogP contribution in [0.3, 0.4) is 0 Å². The summed E-state index contributed by atoms with van der Waals surface area (Å²) in [5.74, 6) is 1.16. The van der Waals surface area contributed by atoms with E-state index >= 15 is 4.79 Å². The maximum Gasteiger partial charge on any atom is 0.326 e. The predicted octanol–water partition coefficient (Wildman–Crippen LogP) is 10.4. The molecule has 13 nitrogen and oxygen atoms in total. The number of nitrogens with one attached hydrogen (secondary N) is 5. The lowest BCUT2D eigenvalue weighted by Crippen LogP contribution is -2.59. The van der Waals surface area contributed by atoms with Gasteiger partial charge in [0.05, 0.1) is 6.10 Å². The third-order valence-corrected chi connectivity index (χ3v) is 20.4. The Morgan fingerprint density at radius 3 is 1.45 bits per heavy atom. The van der Waals surface area contributed by atoms with E-state index in [1.807, 2.05) is 0 Å². The summed E-state index contributed by atoms with van der Waals surface area (Å²) < 4.78 is 6.26. The number of rotatable bonds is 14. The summed E-state index contributed by atoms with van der Waals surface area (Å²) in [6.07, 6.45) is 38.1. The molecule has 6 N–H and O–H groups in total. The summed E-state index contributed by atoms with van der Waals surface area (Å²) in [7, 11) is 0. The first-order chi connectivity index (χ1) is 35.5. The predicted molar refractivity (Wildman–Crippen MR) is 284 cm³/mol. The van der Waals surface area contributed by atoms with Crippen molar-refractivity contribution in [2.75, 3.05) is 6.61 Å². The molecule has 2 aliphatic heterocycles. The summed E-state index contributed by atoms with van der Waals surface area (Å²) in [5, 5.41) is 25.9. The van der Waals surface area contributed by atoms with Crippen LogP contribution in [0.4, 0.5) is 0 Å². The van der Waals surface area contributed by atoms with E-state index in [0.717, 1.165) is 146 Å². The molecule has 0 spiro atoms. The molecule has 2 heterocycles. The fraction of sp³-hybridized carbons (Fsp3) is 0.900. The lowest BCUT2D eigenvalue weighted by Gasteiger charge is -2.37. The van der Waals surface area contributed by atoms with Crippen molar-refractivity contribution >= 4 is 35.5 Å². The molecule has 13 heteroatoms. The van der Waals surface area contributed by atoms with Crippen molar-refractivity contribution in [2.24, 2.45) is 53.3 Å². The summed E-state index contributed by atoms with van der Waals surface area (Å²) in [6.45, 7) is -0.164. The number of carboxylic acid groups (broad SMARTS) is 1. The lowest BCUT2D eigenvalue weighted by molar-refractivity contribution is -0.143. The maximum atomic E-state index is 15.1. The third kappa shape index (κ3) is 17.4. The van der Waals surface area contributed by atoms with Gasteiger partial charge >= 0.3 is 5.97 Å². The number of ether oxygens (including phenoxy) is 1. The molecule has 9 rings (SSSR count). The van der Waals surface area contributed by atoms with Crippen LogP contribution in [0.1, 0.15) is 244 Å². The van der Waals surface area contributed by atoms with E-state index in [2.05, 4.69) is 26.6 Å². The van der Waals surface area contributed by atoms with E-state index in [1.165, 1.54) is 70.6 Å². The fourth-order valence-electron chi connectivity index (χ4n) is 15.9. The van der Waals surface area contributed by atoms with E-state index < -0.39 is 53.9 Å². The highest BCUT2D eigenvalue weighted by Crippen LogP contribution is 2.43. The van der Waals surface area contributed by atoms with Crippen LogP contribution in [0.5, 0.6) is 0 Å².